The van der Waals surface area contributed by atoms with E-state index >= 15 is 0 Å². The topological polar surface area (TPSA) is 64.3 Å². The number of benzene rings is 1. The second-order valence-corrected chi connectivity index (χ2v) is 6.14. The summed E-state index contributed by atoms with van der Waals surface area (Å²) in [6.45, 7) is 0.700. The summed E-state index contributed by atoms with van der Waals surface area (Å²) < 4.78 is 7.03. The zero-order chi connectivity index (χ0) is 16.4. The van der Waals surface area contributed by atoms with Crippen LogP contribution in [0.15, 0.2) is 55.0 Å². The Hall–Kier alpha value is -2.93. The van der Waals surface area contributed by atoms with E-state index in [0.717, 1.165) is 32.7 Å². The summed E-state index contributed by atoms with van der Waals surface area (Å²) in [5.74, 6) is 0.855. The summed E-state index contributed by atoms with van der Waals surface area (Å²) in [7, 11) is 1.67. The minimum absolute atomic E-state index is 0.700. The predicted molar refractivity (Wildman–Crippen MR) is 94.4 cm³/mol. The van der Waals surface area contributed by atoms with Crippen LogP contribution in [-0.4, -0.2) is 26.7 Å². The molecule has 3 heterocycles. The van der Waals surface area contributed by atoms with Gasteiger partial charge in [-0.15, -0.1) is 5.10 Å². The van der Waals surface area contributed by atoms with Gasteiger partial charge in [0.2, 0.25) is 10.1 Å². The van der Waals surface area contributed by atoms with Gasteiger partial charge in [0.25, 0.3) is 0 Å². The number of methoxy groups -OCH3 is 1. The minimum atomic E-state index is 0.700. The normalized spacial score (nSPS) is 10.9. The van der Waals surface area contributed by atoms with Crippen molar-refractivity contribution >= 4 is 21.4 Å². The van der Waals surface area contributed by atoms with Crippen LogP contribution in [0.1, 0.15) is 5.56 Å². The van der Waals surface area contributed by atoms with Gasteiger partial charge in [0.1, 0.15) is 5.75 Å². The van der Waals surface area contributed by atoms with Crippen LogP contribution in [0.25, 0.3) is 16.2 Å². The first kappa shape index (κ1) is 14.6. The first-order valence-electron chi connectivity index (χ1n) is 7.45. The number of hydrogen-bond donors (Lipinski definition) is 1. The Kier molecular flexibility index (Phi) is 3.84. The Morgan fingerprint density at radius 3 is 2.67 bits per heavy atom. The Balaban J connectivity index is 1.54. The molecule has 7 heteroatoms. The fourth-order valence-corrected chi connectivity index (χ4v) is 3.18. The molecule has 1 aromatic carbocycles. The smallest absolute Gasteiger partial charge is 0.214 e. The molecule has 0 unspecified atom stereocenters. The molecule has 3 aromatic heterocycles. The van der Waals surface area contributed by atoms with Crippen molar-refractivity contribution in [2.24, 2.45) is 0 Å². The highest BCUT2D eigenvalue weighted by molar-refractivity contribution is 7.20. The maximum atomic E-state index is 5.17. The van der Waals surface area contributed by atoms with E-state index < -0.39 is 0 Å². The van der Waals surface area contributed by atoms with Crippen LogP contribution < -0.4 is 10.1 Å². The monoisotopic (exact) mass is 337 g/mol. The Labute approximate surface area is 142 Å². The largest absolute Gasteiger partial charge is 0.497 e. The number of rotatable bonds is 5. The SMILES string of the molecule is COc1ccc(CNc2nn3c(-c4ccncc4)cnc3s2)cc1. The van der Waals surface area contributed by atoms with E-state index in [2.05, 4.69) is 20.4 Å². The van der Waals surface area contributed by atoms with E-state index in [1.54, 1.807) is 19.5 Å². The highest BCUT2D eigenvalue weighted by atomic mass is 32.1. The maximum Gasteiger partial charge on any atom is 0.214 e. The average Bonchev–Trinajstić information content (AvgIpc) is 3.21. The van der Waals surface area contributed by atoms with Crippen molar-refractivity contribution in [1.29, 1.82) is 0 Å². The number of nitrogens with zero attached hydrogens (tertiary/aromatic N) is 4. The van der Waals surface area contributed by atoms with Crippen LogP contribution in [0.3, 0.4) is 0 Å². The molecule has 0 bridgehead atoms. The molecular formula is C17H15N5OS. The minimum Gasteiger partial charge on any atom is -0.497 e. The summed E-state index contributed by atoms with van der Waals surface area (Å²) in [6.07, 6.45) is 5.37. The molecule has 24 heavy (non-hydrogen) atoms. The standard InChI is InChI=1S/C17H15N5OS/c1-23-14-4-2-12(3-5-14)10-19-16-21-22-15(11-20-17(22)24-16)13-6-8-18-9-7-13/h2-9,11H,10H2,1H3,(H,19,21). The number of anilines is 1. The van der Waals surface area contributed by atoms with Crippen LogP contribution in [0.2, 0.25) is 0 Å². The molecule has 0 amide bonds. The number of imidazole rings is 1. The summed E-state index contributed by atoms with van der Waals surface area (Å²) in [4.78, 5) is 9.34. The maximum absolute atomic E-state index is 5.17. The number of nitrogens with one attached hydrogen (secondary N) is 1. The van der Waals surface area contributed by atoms with E-state index in [0.29, 0.717) is 6.54 Å². The van der Waals surface area contributed by atoms with Gasteiger partial charge < -0.3 is 10.1 Å². The van der Waals surface area contributed by atoms with Crippen LogP contribution in [0, 0.1) is 0 Å². The van der Waals surface area contributed by atoms with Gasteiger partial charge in [-0.1, -0.05) is 23.5 Å². The van der Waals surface area contributed by atoms with E-state index in [-0.39, 0.29) is 0 Å². The van der Waals surface area contributed by atoms with Crippen molar-refractivity contribution in [3.63, 3.8) is 0 Å². The van der Waals surface area contributed by atoms with Gasteiger partial charge in [0, 0.05) is 24.5 Å². The number of hydrogen-bond acceptors (Lipinski definition) is 6. The summed E-state index contributed by atoms with van der Waals surface area (Å²) in [6, 6.07) is 11.9. The molecule has 0 aliphatic heterocycles. The third-order valence-electron chi connectivity index (χ3n) is 3.66. The van der Waals surface area contributed by atoms with Gasteiger partial charge in [0.15, 0.2) is 0 Å². The zero-order valence-corrected chi connectivity index (χ0v) is 13.8. The van der Waals surface area contributed by atoms with Gasteiger partial charge in [-0.25, -0.2) is 9.50 Å². The lowest BCUT2D eigenvalue weighted by molar-refractivity contribution is 0.414. The van der Waals surface area contributed by atoms with E-state index in [1.165, 1.54) is 11.3 Å². The lowest BCUT2D eigenvalue weighted by Crippen LogP contribution is -2.00. The van der Waals surface area contributed by atoms with Crippen molar-refractivity contribution in [2.75, 3.05) is 12.4 Å². The number of ether oxygens (including phenoxy) is 1. The summed E-state index contributed by atoms with van der Waals surface area (Å²) in [5.41, 5.74) is 3.17. The molecule has 0 aliphatic carbocycles. The first-order valence-corrected chi connectivity index (χ1v) is 8.27. The van der Waals surface area contributed by atoms with E-state index in [4.69, 9.17) is 4.74 Å². The van der Waals surface area contributed by atoms with Crippen LogP contribution in [-0.2, 0) is 6.54 Å². The third kappa shape index (κ3) is 2.81. The van der Waals surface area contributed by atoms with Gasteiger partial charge in [-0.2, -0.15) is 0 Å². The van der Waals surface area contributed by atoms with E-state index in [9.17, 15) is 0 Å². The first-order chi connectivity index (χ1) is 11.8. The molecule has 0 radical (unpaired) electrons. The molecule has 0 saturated heterocycles. The molecule has 0 saturated carbocycles. The molecule has 0 aliphatic rings. The predicted octanol–water partition coefficient (Wildman–Crippen LogP) is 3.47. The number of pyridine rings is 1. The van der Waals surface area contributed by atoms with Crippen molar-refractivity contribution in [1.82, 2.24) is 19.6 Å². The molecule has 0 atom stereocenters. The highest BCUT2D eigenvalue weighted by Gasteiger charge is 2.11. The quantitative estimate of drug-likeness (QED) is 0.604. The lowest BCUT2D eigenvalue weighted by Gasteiger charge is -2.04. The van der Waals surface area contributed by atoms with Gasteiger partial charge in [0.05, 0.1) is 19.0 Å². The fourth-order valence-electron chi connectivity index (χ4n) is 2.40. The molecule has 4 rings (SSSR count). The molecule has 6 nitrogen and oxygen atoms in total. The van der Waals surface area contributed by atoms with Gasteiger partial charge in [-0.3, -0.25) is 4.98 Å². The van der Waals surface area contributed by atoms with Crippen LogP contribution >= 0.6 is 11.3 Å². The Morgan fingerprint density at radius 1 is 1.12 bits per heavy atom. The molecule has 1 N–H and O–H groups in total. The zero-order valence-electron chi connectivity index (χ0n) is 13.0. The van der Waals surface area contributed by atoms with Gasteiger partial charge in [-0.05, 0) is 29.8 Å². The average molecular weight is 337 g/mol. The second kappa shape index (κ2) is 6.29. The molecule has 0 spiro atoms. The lowest BCUT2D eigenvalue weighted by atomic mass is 10.2. The summed E-state index contributed by atoms with van der Waals surface area (Å²) >= 11 is 1.53. The number of fused-ring (bicyclic) bond motifs is 1. The Bertz CT molecular complexity index is 946. The Morgan fingerprint density at radius 2 is 1.92 bits per heavy atom. The highest BCUT2D eigenvalue weighted by Crippen LogP contribution is 2.26. The molecule has 120 valence electrons. The van der Waals surface area contributed by atoms with Crippen LogP contribution in [0.5, 0.6) is 5.75 Å². The third-order valence-corrected chi connectivity index (χ3v) is 4.54. The summed E-state index contributed by atoms with van der Waals surface area (Å²) in [5, 5.41) is 8.80. The number of aromatic nitrogens is 4. The van der Waals surface area contributed by atoms with Crippen molar-refractivity contribution in [2.45, 2.75) is 6.54 Å². The van der Waals surface area contributed by atoms with Crippen molar-refractivity contribution in [3.8, 4) is 17.0 Å². The van der Waals surface area contributed by atoms with Crippen molar-refractivity contribution in [3.05, 3.63) is 60.6 Å². The van der Waals surface area contributed by atoms with E-state index in [1.807, 2.05) is 47.1 Å². The second-order valence-electron chi connectivity index (χ2n) is 5.18. The van der Waals surface area contributed by atoms with Gasteiger partial charge >= 0.3 is 0 Å². The molecule has 0 fully saturated rings. The van der Waals surface area contributed by atoms with Crippen LogP contribution in [0.4, 0.5) is 5.13 Å². The molecule has 4 aromatic rings. The van der Waals surface area contributed by atoms with Crippen molar-refractivity contribution < 1.29 is 4.74 Å². The fraction of sp³-hybridized carbons (Fsp3) is 0.118. The molecular weight excluding hydrogens is 322 g/mol.